The van der Waals surface area contributed by atoms with Crippen LogP contribution in [0.5, 0.6) is 0 Å². The molecule has 1 amide bonds. The lowest BCUT2D eigenvalue weighted by Crippen LogP contribution is -2.41. The van der Waals surface area contributed by atoms with Gasteiger partial charge < -0.3 is 14.7 Å². The maximum Gasteiger partial charge on any atom is 0.248 e. The standard InChI is InChI=1S/C15H29NO3/c1-3-4-5-10-19-12-15(18)16-8-6-14(7-9-16)13(2)11-17/h13-14,17H,3-12H2,1-2H3. The molecule has 0 radical (unpaired) electrons. The van der Waals surface area contributed by atoms with Crippen molar-refractivity contribution in [1.82, 2.24) is 4.90 Å². The van der Waals surface area contributed by atoms with E-state index in [1.165, 1.54) is 12.8 Å². The average Bonchev–Trinajstić information content (AvgIpc) is 2.46. The van der Waals surface area contributed by atoms with E-state index in [0.717, 1.165) is 32.4 Å². The number of likely N-dealkylation sites (tertiary alicyclic amines) is 1. The molecule has 0 spiro atoms. The van der Waals surface area contributed by atoms with Gasteiger partial charge >= 0.3 is 0 Å². The summed E-state index contributed by atoms with van der Waals surface area (Å²) in [4.78, 5) is 13.8. The van der Waals surface area contributed by atoms with Crippen LogP contribution in [0.1, 0.15) is 46.0 Å². The minimum absolute atomic E-state index is 0.117. The number of hydrogen-bond acceptors (Lipinski definition) is 3. The van der Waals surface area contributed by atoms with Gasteiger partial charge in [-0.2, -0.15) is 0 Å². The number of carbonyl (C=O) groups excluding carboxylic acids is 1. The van der Waals surface area contributed by atoms with Crippen LogP contribution in [-0.4, -0.2) is 48.8 Å². The Labute approximate surface area is 117 Å². The van der Waals surface area contributed by atoms with Gasteiger partial charge in [0.25, 0.3) is 0 Å². The van der Waals surface area contributed by atoms with E-state index in [2.05, 4.69) is 13.8 Å². The first-order valence-corrected chi connectivity index (χ1v) is 7.65. The molecule has 1 saturated heterocycles. The highest BCUT2D eigenvalue weighted by molar-refractivity contribution is 5.77. The maximum absolute atomic E-state index is 11.9. The van der Waals surface area contributed by atoms with Gasteiger partial charge in [0.2, 0.25) is 5.91 Å². The van der Waals surface area contributed by atoms with Crippen LogP contribution in [0.25, 0.3) is 0 Å². The number of hydrogen-bond donors (Lipinski definition) is 1. The summed E-state index contributed by atoms with van der Waals surface area (Å²) >= 11 is 0. The van der Waals surface area contributed by atoms with Crippen LogP contribution in [-0.2, 0) is 9.53 Å². The largest absolute Gasteiger partial charge is 0.396 e. The number of aliphatic hydroxyl groups is 1. The smallest absolute Gasteiger partial charge is 0.248 e. The molecule has 112 valence electrons. The number of nitrogens with zero attached hydrogens (tertiary/aromatic N) is 1. The van der Waals surface area contributed by atoms with E-state index < -0.39 is 0 Å². The minimum Gasteiger partial charge on any atom is -0.396 e. The van der Waals surface area contributed by atoms with Crippen molar-refractivity contribution in [1.29, 1.82) is 0 Å². The zero-order valence-electron chi connectivity index (χ0n) is 12.4. The molecule has 1 heterocycles. The molecule has 19 heavy (non-hydrogen) atoms. The molecule has 1 aliphatic rings. The van der Waals surface area contributed by atoms with Crippen molar-refractivity contribution in [3.05, 3.63) is 0 Å². The lowest BCUT2D eigenvalue weighted by Gasteiger charge is -2.34. The SMILES string of the molecule is CCCCCOCC(=O)N1CCC(C(C)CO)CC1. The van der Waals surface area contributed by atoms with Gasteiger partial charge in [-0.05, 0) is 31.1 Å². The Kier molecular flexibility index (Phi) is 8.07. The quantitative estimate of drug-likeness (QED) is 0.687. The number of aliphatic hydroxyl groups excluding tert-OH is 1. The molecule has 1 aliphatic heterocycles. The van der Waals surface area contributed by atoms with Gasteiger partial charge in [-0.15, -0.1) is 0 Å². The summed E-state index contributed by atoms with van der Waals surface area (Å²) in [7, 11) is 0. The second kappa shape index (κ2) is 9.32. The van der Waals surface area contributed by atoms with E-state index in [1.54, 1.807) is 0 Å². The summed E-state index contributed by atoms with van der Waals surface area (Å²) in [6, 6.07) is 0. The monoisotopic (exact) mass is 271 g/mol. The number of rotatable bonds is 8. The molecule has 0 aromatic rings. The van der Waals surface area contributed by atoms with Crippen LogP contribution in [0.3, 0.4) is 0 Å². The van der Waals surface area contributed by atoms with Gasteiger partial charge in [-0.1, -0.05) is 26.7 Å². The molecule has 0 saturated carbocycles. The first kappa shape index (κ1) is 16.4. The van der Waals surface area contributed by atoms with Gasteiger partial charge in [-0.25, -0.2) is 0 Å². The van der Waals surface area contributed by atoms with Crippen LogP contribution in [0.15, 0.2) is 0 Å². The molecule has 1 atom stereocenters. The molecule has 4 nitrogen and oxygen atoms in total. The van der Waals surface area contributed by atoms with Crippen molar-refractivity contribution < 1.29 is 14.6 Å². The van der Waals surface area contributed by atoms with Crippen LogP contribution in [0.2, 0.25) is 0 Å². The number of carbonyl (C=O) groups is 1. The van der Waals surface area contributed by atoms with Crippen molar-refractivity contribution in [3.63, 3.8) is 0 Å². The van der Waals surface area contributed by atoms with Crippen LogP contribution < -0.4 is 0 Å². The molecular formula is C15H29NO3. The molecule has 0 aromatic heterocycles. The third-order valence-electron chi connectivity index (χ3n) is 4.10. The highest BCUT2D eigenvalue weighted by Gasteiger charge is 2.25. The van der Waals surface area contributed by atoms with Crippen LogP contribution in [0, 0.1) is 11.8 Å². The minimum atomic E-state index is 0.117. The Morgan fingerprint density at radius 1 is 1.37 bits per heavy atom. The number of piperidine rings is 1. The van der Waals surface area contributed by atoms with Gasteiger partial charge in [0.15, 0.2) is 0 Å². The summed E-state index contributed by atoms with van der Waals surface area (Å²) in [6.07, 6.45) is 5.39. The Balaban J connectivity index is 2.14. The first-order chi connectivity index (χ1) is 9.19. The van der Waals surface area contributed by atoms with Gasteiger partial charge in [-0.3, -0.25) is 4.79 Å². The van der Waals surface area contributed by atoms with Crippen molar-refractivity contribution >= 4 is 5.91 Å². The Morgan fingerprint density at radius 2 is 2.05 bits per heavy atom. The van der Waals surface area contributed by atoms with E-state index in [4.69, 9.17) is 9.84 Å². The summed E-state index contributed by atoms with van der Waals surface area (Å²) in [6.45, 7) is 7.03. The Morgan fingerprint density at radius 3 is 2.63 bits per heavy atom. The molecule has 0 bridgehead atoms. The lowest BCUT2D eigenvalue weighted by molar-refractivity contribution is -0.137. The molecule has 0 aromatic carbocycles. The number of unbranched alkanes of at least 4 members (excludes halogenated alkanes) is 2. The predicted octanol–water partition coefficient (Wildman–Crippen LogP) is 2.06. The van der Waals surface area contributed by atoms with Gasteiger partial charge in [0.1, 0.15) is 6.61 Å². The molecule has 1 unspecified atom stereocenters. The molecule has 0 aliphatic carbocycles. The van der Waals surface area contributed by atoms with Crippen LogP contribution in [0.4, 0.5) is 0 Å². The molecule has 1 fully saturated rings. The highest BCUT2D eigenvalue weighted by Crippen LogP contribution is 2.24. The third kappa shape index (κ3) is 5.91. The maximum atomic E-state index is 11.9. The number of amides is 1. The van der Waals surface area contributed by atoms with Crippen molar-refractivity contribution in [2.45, 2.75) is 46.0 Å². The van der Waals surface area contributed by atoms with Crippen molar-refractivity contribution in [3.8, 4) is 0 Å². The van der Waals surface area contributed by atoms with E-state index in [-0.39, 0.29) is 19.1 Å². The summed E-state index contributed by atoms with van der Waals surface area (Å²) < 4.78 is 5.41. The zero-order chi connectivity index (χ0) is 14.1. The normalized spacial score (nSPS) is 18.6. The summed E-state index contributed by atoms with van der Waals surface area (Å²) in [5.74, 6) is 1.02. The van der Waals surface area contributed by atoms with E-state index in [0.29, 0.717) is 18.4 Å². The average molecular weight is 271 g/mol. The zero-order valence-corrected chi connectivity index (χ0v) is 12.4. The van der Waals surface area contributed by atoms with E-state index in [9.17, 15) is 4.79 Å². The summed E-state index contributed by atoms with van der Waals surface area (Å²) in [5, 5.41) is 9.15. The fourth-order valence-corrected chi connectivity index (χ4v) is 2.57. The lowest BCUT2D eigenvalue weighted by atomic mass is 9.86. The van der Waals surface area contributed by atoms with Crippen molar-refractivity contribution in [2.24, 2.45) is 11.8 Å². The Bertz CT molecular complexity index is 250. The topological polar surface area (TPSA) is 49.8 Å². The second-order valence-electron chi connectivity index (χ2n) is 5.64. The predicted molar refractivity (Wildman–Crippen MR) is 75.9 cm³/mol. The molecular weight excluding hydrogens is 242 g/mol. The fraction of sp³-hybridized carbons (Fsp3) is 0.933. The van der Waals surface area contributed by atoms with Gasteiger partial charge in [0, 0.05) is 26.3 Å². The Hall–Kier alpha value is -0.610. The van der Waals surface area contributed by atoms with E-state index in [1.807, 2.05) is 4.90 Å². The second-order valence-corrected chi connectivity index (χ2v) is 5.64. The summed E-state index contributed by atoms with van der Waals surface area (Å²) in [5.41, 5.74) is 0. The first-order valence-electron chi connectivity index (χ1n) is 7.65. The number of ether oxygens (including phenoxy) is 1. The third-order valence-corrected chi connectivity index (χ3v) is 4.10. The molecule has 4 heteroatoms. The molecule has 1 rings (SSSR count). The van der Waals surface area contributed by atoms with E-state index >= 15 is 0 Å². The molecule has 1 N–H and O–H groups in total. The van der Waals surface area contributed by atoms with Gasteiger partial charge in [0.05, 0.1) is 0 Å². The highest BCUT2D eigenvalue weighted by atomic mass is 16.5. The fourth-order valence-electron chi connectivity index (χ4n) is 2.57. The van der Waals surface area contributed by atoms with Crippen molar-refractivity contribution in [2.75, 3.05) is 32.9 Å². The van der Waals surface area contributed by atoms with Crippen LogP contribution >= 0.6 is 0 Å².